The van der Waals surface area contributed by atoms with Gasteiger partial charge in [-0.2, -0.15) is 0 Å². The van der Waals surface area contributed by atoms with Crippen LogP contribution in [0.1, 0.15) is 27.4 Å². The fraction of sp³-hybridized carbons (Fsp3) is 0.130. The minimum absolute atomic E-state index is 0.201. The molecule has 0 bridgehead atoms. The van der Waals surface area contributed by atoms with Crippen molar-refractivity contribution >= 4 is 23.6 Å². The molecule has 2 heterocycles. The zero-order valence-electron chi connectivity index (χ0n) is 16.3. The van der Waals surface area contributed by atoms with Gasteiger partial charge >= 0.3 is 0 Å². The largest absolute Gasteiger partial charge is 0.462 e. The molecular formula is C23H20N2O5. The number of benzene rings is 2. The molecule has 1 aromatic heterocycles. The monoisotopic (exact) mass is 404 g/mol. The highest BCUT2D eigenvalue weighted by molar-refractivity contribution is 6.07. The van der Waals surface area contributed by atoms with Crippen LogP contribution < -0.4 is 20.1 Å². The van der Waals surface area contributed by atoms with E-state index in [4.69, 9.17) is 13.9 Å². The Morgan fingerprint density at radius 1 is 1.03 bits per heavy atom. The van der Waals surface area contributed by atoms with E-state index in [9.17, 15) is 9.59 Å². The molecule has 3 aromatic rings. The van der Waals surface area contributed by atoms with Crippen molar-refractivity contribution in [3.8, 4) is 11.5 Å². The molecule has 1 aliphatic heterocycles. The van der Waals surface area contributed by atoms with Crippen molar-refractivity contribution in [1.82, 2.24) is 5.32 Å². The molecular weight excluding hydrogens is 384 g/mol. The van der Waals surface area contributed by atoms with E-state index in [-0.39, 0.29) is 18.6 Å². The van der Waals surface area contributed by atoms with Gasteiger partial charge in [0.05, 0.1) is 11.3 Å². The molecule has 0 fully saturated rings. The maximum absolute atomic E-state index is 12.7. The minimum atomic E-state index is -0.361. The number of amides is 2. The predicted molar refractivity (Wildman–Crippen MR) is 111 cm³/mol. The number of carbonyl (C=O) groups excluding carboxylic acids is 2. The summed E-state index contributed by atoms with van der Waals surface area (Å²) in [6.07, 6.45) is 2.93. The van der Waals surface area contributed by atoms with E-state index in [1.54, 1.807) is 36.4 Å². The van der Waals surface area contributed by atoms with Crippen molar-refractivity contribution in [1.29, 1.82) is 0 Å². The van der Waals surface area contributed by atoms with Crippen LogP contribution in [0.4, 0.5) is 5.69 Å². The second-order valence-corrected chi connectivity index (χ2v) is 6.69. The standard InChI is InChI=1S/C23H20N2O5/c1-15-6-8-17(30-15)9-11-22(26)25-19-5-3-2-4-18(19)23(27)24-13-16-7-10-20-21(12-16)29-14-28-20/h2-12H,13-14H2,1H3,(H,24,27)(H,25,26)/b11-9+. The average Bonchev–Trinajstić information content (AvgIpc) is 3.39. The molecule has 2 amide bonds. The van der Waals surface area contributed by atoms with Crippen LogP contribution in [0.5, 0.6) is 11.5 Å². The third kappa shape index (κ3) is 4.52. The summed E-state index contributed by atoms with van der Waals surface area (Å²) in [7, 11) is 0. The van der Waals surface area contributed by atoms with Crippen molar-refractivity contribution in [3.63, 3.8) is 0 Å². The maximum Gasteiger partial charge on any atom is 0.253 e. The normalized spacial score (nSPS) is 12.2. The third-order valence-electron chi connectivity index (χ3n) is 4.48. The number of fused-ring (bicyclic) bond motifs is 1. The molecule has 0 unspecified atom stereocenters. The van der Waals surface area contributed by atoms with Crippen LogP contribution in [0.15, 0.2) is 65.1 Å². The van der Waals surface area contributed by atoms with E-state index in [1.807, 2.05) is 31.2 Å². The van der Waals surface area contributed by atoms with Gasteiger partial charge in [-0.1, -0.05) is 18.2 Å². The van der Waals surface area contributed by atoms with Gasteiger partial charge in [0.2, 0.25) is 12.7 Å². The number of ether oxygens (including phenoxy) is 2. The molecule has 30 heavy (non-hydrogen) atoms. The smallest absolute Gasteiger partial charge is 0.253 e. The average molecular weight is 404 g/mol. The van der Waals surface area contributed by atoms with Crippen LogP contribution >= 0.6 is 0 Å². The number of rotatable bonds is 6. The van der Waals surface area contributed by atoms with Crippen LogP contribution in [0.2, 0.25) is 0 Å². The number of aryl methyl sites for hydroxylation is 1. The van der Waals surface area contributed by atoms with Crippen molar-refractivity contribution in [2.24, 2.45) is 0 Å². The Morgan fingerprint density at radius 3 is 2.70 bits per heavy atom. The summed E-state index contributed by atoms with van der Waals surface area (Å²) >= 11 is 0. The second kappa shape index (κ2) is 8.57. The van der Waals surface area contributed by atoms with E-state index in [0.29, 0.717) is 35.1 Å². The Labute approximate surface area is 173 Å². The number of hydrogen-bond donors (Lipinski definition) is 2. The molecule has 0 saturated carbocycles. The summed E-state index contributed by atoms with van der Waals surface area (Å²) in [5.41, 5.74) is 1.67. The highest BCUT2D eigenvalue weighted by atomic mass is 16.7. The Bertz CT molecular complexity index is 1120. The van der Waals surface area contributed by atoms with Crippen LogP contribution in [0.3, 0.4) is 0 Å². The van der Waals surface area contributed by atoms with Gasteiger partial charge in [0.1, 0.15) is 11.5 Å². The van der Waals surface area contributed by atoms with E-state index >= 15 is 0 Å². The van der Waals surface area contributed by atoms with Crippen molar-refractivity contribution < 1.29 is 23.5 Å². The first kappa shape index (κ1) is 19.3. The highest BCUT2D eigenvalue weighted by Gasteiger charge is 2.15. The number of anilines is 1. The molecule has 0 atom stereocenters. The molecule has 1 aliphatic rings. The van der Waals surface area contributed by atoms with Crippen LogP contribution in [-0.4, -0.2) is 18.6 Å². The number of nitrogens with one attached hydrogen (secondary N) is 2. The first-order chi connectivity index (χ1) is 14.6. The van der Waals surface area contributed by atoms with Gasteiger partial charge in [0.25, 0.3) is 5.91 Å². The molecule has 7 nitrogen and oxygen atoms in total. The van der Waals surface area contributed by atoms with Gasteiger partial charge in [-0.25, -0.2) is 0 Å². The first-order valence-electron chi connectivity index (χ1n) is 9.40. The quantitative estimate of drug-likeness (QED) is 0.608. The molecule has 0 aliphatic carbocycles. The van der Waals surface area contributed by atoms with Crippen LogP contribution in [0.25, 0.3) is 6.08 Å². The Balaban J connectivity index is 1.40. The number of carbonyl (C=O) groups is 2. The second-order valence-electron chi connectivity index (χ2n) is 6.69. The lowest BCUT2D eigenvalue weighted by Gasteiger charge is -2.11. The van der Waals surface area contributed by atoms with Crippen molar-refractivity contribution in [3.05, 3.63) is 83.3 Å². The molecule has 152 valence electrons. The van der Waals surface area contributed by atoms with Gasteiger partial charge in [-0.05, 0) is 55.0 Å². The molecule has 0 radical (unpaired) electrons. The Morgan fingerprint density at radius 2 is 1.87 bits per heavy atom. The number of hydrogen-bond acceptors (Lipinski definition) is 5. The van der Waals surface area contributed by atoms with E-state index in [0.717, 1.165) is 11.3 Å². The Hall–Kier alpha value is -4.00. The third-order valence-corrected chi connectivity index (χ3v) is 4.48. The number of furan rings is 1. The SMILES string of the molecule is Cc1ccc(/C=C/C(=O)Nc2ccccc2C(=O)NCc2ccc3c(c2)OCO3)o1. The topological polar surface area (TPSA) is 89.8 Å². The summed E-state index contributed by atoms with van der Waals surface area (Å²) in [4.78, 5) is 24.9. The zero-order chi connectivity index (χ0) is 20.9. The van der Waals surface area contributed by atoms with Crippen molar-refractivity contribution in [2.45, 2.75) is 13.5 Å². The molecule has 4 rings (SSSR count). The van der Waals surface area contributed by atoms with Crippen LogP contribution in [-0.2, 0) is 11.3 Å². The summed E-state index contributed by atoms with van der Waals surface area (Å²) in [5, 5.41) is 5.60. The van der Waals surface area contributed by atoms with E-state index < -0.39 is 0 Å². The predicted octanol–water partition coefficient (Wildman–Crippen LogP) is 3.90. The van der Waals surface area contributed by atoms with E-state index in [1.165, 1.54) is 6.08 Å². The molecule has 2 N–H and O–H groups in total. The lowest BCUT2D eigenvalue weighted by Crippen LogP contribution is -2.24. The molecule has 0 spiro atoms. The fourth-order valence-electron chi connectivity index (χ4n) is 2.99. The maximum atomic E-state index is 12.7. The lowest BCUT2D eigenvalue weighted by atomic mass is 10.1. The summed E-state index contributed by atoms with van der Waals surface area (Å²) in [6, 6.07) is 15.9. The highest BCUT2D eigenvalue weighted by Crippen LogP contribution is 2.32. The van der Waals surface area contributed by atoms with Gasteiger partial charge in [-0.3, -0.25) is 9.59 Å². The summed E-state index contributed by atoms with van der Waals surface area (Å²) in [5.74, 6) is 2.04. The Kier molecular flexibility index (Phi) is 5.52. The summed E-state index contributed by atoms with van der Waals surface area (Å²) < 4.78 is 16.0. The van der Waals surface area contributed by atoms with Gasteiger partial charge in [0.15, 0.2) is 11.5 Å². The van der Waals surface area contributed by atoms with Gasteiger partial charge < -0.3 is 24.5 Å². The first-order valence-corrected chi connectivity index (χ1v) is 9.40. The molecule has 2 aromatic carbocycles. The number of para-hydroxylation sites is 1. The van der Waals surface area contributed by atoms with Gasteiger partial charge in [-0.15, -0.1) is 0 Å². The van der Waals surface area contributed by atoms with E-state index in [2.05, 4.69) is 10.6 Å². The zero-order valence-corrected chi connectivity index (χ0v) is 16.3. The van der Waals surface area contributed by atoms with Crippen LogP contribution in [0, 0.1) is 6.92 Å². The minimum Gasteiger partial charge on any atom is -0.462 e. The molecule has 7 heteroatoms. The summed E-state index contributed by atoms with van der Waals surface area (Å²) in [6.45, 7) is 2.34. The van der Waals surface area contributed by atoms with Crippen molar-refractivity contribution in [2.75, 3.05) is 12.1 Å². The lowest BCUT2D eigenvalue weighted by molar-refractivity contribution is -0.111. The fourth-order valence-corrected chi connectivity index (χ4v) is 2.99. The molecule has 0 saturated heterocycles. The van der Waals surface area contributed by atoms with Gasteiger partial charge in [0, 0.05) is 12.6 Å².